The van der Waals surface area contributed by atoms with Gasteiger partial charge < -0.3 is 10.4 Å². The first-order valence-electron chi connectivity index (χ1n) is 5.70. The molecule has 1 fully saturated rings. The second-order valence-electron chi connectivity index (χ2n) is 4.58. The molecule has 1 aliphatic carbocycles. The van der Waals surface area contributed by atoms with Crippen LogP contribution in [0.5, 0.6) is 0 Å². The van der Waals surface area contributed by atoms with E-state index in [2.05, 4.69) is 26.2 Å². The molecule has 0 unspecified atom stereocenters. The number of halogens is 1. The molecule has 16 heavy (non-hydrogen) atoms. The molecule has 1 saturated carbocycles. The van der Waals surface area contributed by atoms with Gasteiger partial charge in [-0.15, -0.1) is 0 Å². The Labute approximate surface area is 104 Å². The van der Waals surface area contributed by atoms with E-state index in [4.69, 9.17) is 0 Å². The topological polar surface area (TPSA) is 45.1 Å². The van der Waals surface area contributed by atoms with Crippen LogP contribution in [0.3, 0.4) is 0 Å². The van der Waals surface area contributed by atoms with Crippen molar-refractivity contribution in [2.24, 2.45) is 5.41 Å². The predicted molar refractivity (Wildman–Crippen MR) is 68.4 cm³/mol. The molecule has 4 heteroatoms. The van der Waals surface area contributed by atoms with E-state index in [9.17, 15) is 5.11 Å². The fraction of sp³-hybridized carbons (Fsp3) is 0.583. The maximum atomic E-state index is 9.47. The fourth-order valence-electron chi connectivity index (χ4n) is 2.27. The van der Waals surface area contributed by atoms with E-state index >= 15 is 0 Å². The van der Waals surface area contributed by atoms with Crippen molar-refractivity contribution in [3.05, 3.63) is 22.8 Å². The molecule has 0 radical (unpaired) electrons. The molecule has 0 bridgehead atoms. The highest BCUT2D eigenvalue weighted by molar-refractivity contribution is 9.10. The summed E-state index contributed by atoms with van der Waals surface area (Å²) in [4.78, 5) is 4.27. The van der Waals surface area contributed by atoms with Gasteiger partial charge in [-0.05, 0) is 40.9 Å². The van der Waals surface area contributed by atoms with Crippen LogP contribution in [0.15, 0.2) is 22.8 Å². The minimum absolute atomic E-state index is 0.0781. The highest BCUT2D eigenvalue weighted by Gasteiger charge is 2.32. The Morgan fingerprint density at radius 3 is 2.69 bits per heavy atom. The maximum absolute atomic E-state index is 9.47. The number of nitrogens with one attached hydrogen (secondary N) is 1. The number of anilines is 1. The summed E-state index contributed by atoms with van der Waals surface area (Å²) in [6.07, 6.45) is 6.48. The van der Waals surface area contributed by atoms with E-state index in [1.165, 1.54) is 12.8 Å². The highest BCUT2D eigenvalue weighted by atomic mass is 79.9. The molecule has 1 aromatic rings. The van der Waals surface area contributed by atoms with Gasteiger partial charge in [0.2, 0.25) is 0 Å². The van der Waals surface area contributed by atoms with E-state index in [0.717, 1.165) is 29.7 Å². The fourth-order valence-corrected chi connectivity index (χ4v) is 2.51. The van der Waals surface area contributed by atoms with Gasteiger partial charge in [0, 0.05) is 22.6 Å². The summed E-state index contributed by atoms with van der Waals surface area (Å²) in [6, 6.07) is 3.92. The zero-order chi connectivity index (χ0) is 11.4. The Bertz CT molecular complexity index is 333. The third-order valence-electron chi connectivity index (χ3n) is 3.37. The van der Waals surface area contributed by atoms with Gasteiger partial charge in [-0.1, -0.05) is 12.8 Å². The third-order valence-corrected chi connectivity index (χ3v) is 3.84. The highest BCUT2D eigenvalue weighted by Crippen LogP contribution is 2.37. The third kappa shape index (κ3) is 2.74. The number of aliphatic hydroxyl groups is 1. The molecule has 0 aromatic carbocycles. The smallest absolute Gasteiger partial charge is 0.125 e. The molecule has 3 nitrogen and oxygen atoms in total. The molecule has 0 amide bonds. The second kappa shape index (κ2) is 5.15. The van der Waals surface area contributed by atoms with E-state index < -0.39 is 0 Å². The minimum atomic E-state index is 0.0781. The summed E-state index contributed by atoms with van der Waals surface area (Å²) in [7, 11) is 0. The van der Waals surface area contributed by atoms with Crippen LogP contribution in [0.4, 0.5) is 5.82 Å². The molecule has 1 aliphatic rings. The Hall–Kier alpha value is -0.610. The molecule has 0 aliphatic heterocycles. The number of nitrogens with zero attached hydrogens (tertiary/aromatic N) is 1. The van der Waals surface area contributed by atoms with E-state index in [1.54, 1.807) is 6.20 Å². The first kappa shape index (κ1) is 11.9. The lowest BCUT2D eigenvalue weighted by Crippen LogP contribution is -2.30. The van der Waals surface area contributed by atoms with Crippen molar-refractivity contribution < 1.29 is 5.11 Å². The number of pyridine rings is 1. The molecular formula is C12H17BrN2O. The van der Waals surface area contributed by atoms with Gasteiger partial charge >= 0.3 is 0 Å². The quantitative estimate of drug-likeness (QED) is 0.894. The number of hydrogen-bond acceptors (Lipinski definition) is 3. The summed E-state index contributed by atoms with van der Waals surface area (Å²) in [5.74, 6) is 0.878. The largest absolute Gasteiger partial charge is 0.396 e. The lowest BCUT2D eigenvalue weighted by Gasteiger charge is -2.26. The Morgan fingerprint density at radius 1 is 1.38 bits per heavy atom. The van der Waals surface area contributed by atoms with Crippen LogP contribution < -0.4 is 5.32 Å². The van der Waals surface area contributed by atoms with E-state index in [-0.39, 0.29) is 12.0 Å². The molecule has 0 saturated heterocycles. The van der Waals surface area contributed by atoms with Crippen LogP contribution in [0.25, 0.3) is 0 Å². The normalized spacial score (nSPS) is 18.6. The van der Waals surface area contributed by atoms with Crippen LogP contribution in [0.2, 0.25) is 0 Å². The molecule has 1 heterocycles. The summed E-state index contributed by atoms with van der Waals surface area (Å²) in [6.45, 7) is 1.09. The lowest BCUT2D eigenvalue weighted by molar-refractivity contribution is 0.142. The van der Waals surface area contributed by atoms with Gasteiger partial charge in [0.1, 0.15) is 5.82 Å². The van der Waals surface area contributed by atoms with Crippen molar-refractivity contribution >= 4 is 21.7 Å². The summed E-state index contributed by atoms with van der Waals surface area (Å²) >= 11 is 3.36. The first-order chi connectivity index (χ1) is 7.74. The van der Waals surface area contributed by atoms with Crippen molar-refractivity contribution in [1.29, 1.82) is 0 Å². The van der Waals surface area contributed by atoms with Gasteiger partial charge in [-0.3, -0.25) is 0 Å². The summed E-state index contributed by atoms with van der Waals surface area (Å²) in [5, 5.41) is 12.8. The van der Waals surface area contributed by atoms with E-state index in [0.29, 0.717) is 0 Å². The second-order valence-corrected chi connectivity index (χ2v) is 5.50. The van der Waals surface area contributed by atoms with Crippen LogP contribution in [-0.2, 0) is 0 Å². The van der Waals surface area contributed by atoms with Gasteiger partial charge in [-0.25, -0.2) is 4.98 Å². The van der Waals surface area contributed by atoms with Gasteiger partial charge in [0.25, 0.3) is 0 Å². The van der Waals surface area contributed by atoms with E-state index in [1.807, 2.05) is 12.1 Å². The van der Waals surface area contributed by atoms with Crippen LogP contribution in [0, 0.1) is 5.41 Å². The van der Waals surface area contributed by atoms with Crippen molar-refractivity contribution in [2.45, 2.75) is 25.7 Å². The van der Waals surface area contributed by atoms with Crippen molar-refractivity contribution in [3.8, 4) is 0 Å². The molecule has 88 valence electrons. The molecule has 2 N–H and O–H groups in total. The minimum Gasteiger partial charge on any atom is -0.396 e. The predicted octanol–water partition coefficient (Wildman–Crippen LogP) is 2.81. The van der Waals surface area contributed by atoms with Crippen molar-refractivity contribution in [1.82, 2.24) is 4.98 Å². The monoisotopic (exact) mass is 284 g/mol. The first-order valence-corrected chi connectivity index (χ1v) is 6.50. The van der Waals surface area contributed by atoms with Gasteiger partial charge in [-0.2, -0.15) is 0 Å². The lowest BCUT2D eigenvalue weighted by atomic mass is 9.87. The standard InChI is InChI=1S/C12H17BrN2O/c13-10-3-4-11(14-7-10)15-8-12(9-16)5-1-2-6-12/h3-4,7,16H,1-2,5-6,8-9H2,(H,14,15). The summed E-state index contributed by atoms with van der Waals surface area (Å²) in [5.41, 5.74) is 0.0781. The number of rotatable bonds is 4. The number of aliphatic hydroxyl groups excluding tert-OH is 1. The summed E-state index contributed by atoms with van der Waals surface area (Å²) < 4.78 is 0.982. The Kier molecular flexibility index (Phi) is 3.82. The molecule has 0 atom stereocenters. The Morgan fingerprint density at radius 2 is 2.12 bits per heavy atom. The van der Waals surface area contributed by atoms with Crippen LogP contribution >= 0.6 is 15.9 Å². The number of aromatic nitrogens is 1. The SMILES string of the molecule is OCC1(CNc2ccc(Br)cn2)CCCC1. The zero-order valence-electron chi connectivity index (χ0n) is 9.25. The molecular weight excluding hydrogens is 268 g/mol. The molecule has 2 rings (SSSR count). The van der Waals surface area contributed by atoms with Crippen LogP contribution in [0.1, 0.15) is 25.7 Å². The van der Waals surface area contributed by atoms with Crippen LogP contribution in [-0.4, -0.2) is 23.2 Å². The van der Waals surface area contributed by atoms with Crippen molar-refractivity contribution in [3.63, 3.8) is 0 Å². The zero-order valence-corrected chi connectivity index (χ0v) is 10.8. The molecule has 1 aromatic heterocycles. The molecule has 0 spiro atoms. The number of hydrogen-bond donors (Lipinski definition) is 2. The van der Waals surface area contributed by atoms with Gasteiger partial charge in [0.05, 0.1) is 6.61 Å². The van der Waals surface area contributed by atoms with Crippen molar-refractivity contribution in [2.75, 3.05) is 18.5 Å². The average molecular weight is 285 g/mol. The Balaban J connectivity index is 1.93. The van der Waals surface area contributed by atoms with Gasteiger partial charge in [0.15, 0.2) is 0 Å². The average Bonchev–Trinajstić information content (AvgIpc) is 2.78. The maximum Gasteiger partial charge on any atom is 0.125 e.